The lowest BCUT2D eigenvalue weighted by Gasteiger charge is -2.29. The van der Waals surface area contributed by atoms with Crippen LogP contribution in [0.25, 0.3) is 0 Å². The molecule has 2 aromatic rings. The molecule has 2 aromatic carbocycles. The van der Waals surface area contributed by atoms with Crippen LogP contribution in [0.15, 0.2) is 72.8 Å². The van der Waals surface area contributed by atoms with E-state index in [0.717, 1.165) is 11.1 Å². The SMILES string of the molecule is CC=CC(=O)c1ccccc1C(C)(C)c1ccccc1C(=O)C=CC. The van der Waals surface area contributed by atoms with Crippen molar-refractivity contribution in [3.8, 4) is 0 Å². The maximum absolute atomic E-state index is 12.5. The van der Waals surface area contributed by atoms with E-state index in [-0.39, 0.29) is 11.6 Å². The Morgan fingerprint density at radius 3 is 1.44 bits per heavy atom. The fourth-order valence-corrected chi connectivity index (χ4v) is 3.11. The molecule has 0 bridgehead atoms. The molecule has 0 amide bonds. The normalized spacial score (nSPS) is 12.0. The van der Waals surface area contributed by atoms with Crippen molar-refractivity contribution < 1.29 is 9.59 Å². The molecule has 0 radical (unpaired) electrons. The van der Waals surface area contributed by atoms with Gasteiger partial charge in [0.15, 0.2) is 11.6 Å². The Kier molecular flexibility index (Phi) is 5.87. The summed E-state index contributed by atoms with van der Waals surface area (Å²) in [7, 11) is 0. The van der Waals surface area contributed by atoms with Crippen molar-refractivity contribution in [3.05, 3.63) is 95.1 Å². The van der Waals surface area contributed by atoms with Gasteiger partial charge in [-0.25, -0.2) is 0 Å². The molecule has 2 rings (SSSR count). The average molecular weight is 332 g/mol. The molecule has 128 valence electrons. The summed E-state index contributed by atoms with van der Waals surface area (Å²) in [5.41, 5.74) is 2.68. The van der Waals surface area contributed by atoms with E-state index in [4.69, 9.17) is 0 Å². The van der Waals surface area contributed by atoms with Crippen molar-refractivity contribution in [2.75, 3.05) is 0 Å². The Balaban J connectivity index is 2.65. The van der Waals surface area contributed by atoms with Gasteiger partial charge >= 0.3 is 0 Å². The number of ketones is 2. The molecule has 0 heterocycles. The lowest BCUT2D eigenvalue weighted by molar-refractivity contribution is 0.103. The summed E-state index contributed by atoms with van der Waals surface area (Å²) in [5, 5.41) is 0. The fraction of sp³-hybridized carbons (Fsp3) is 0.217. The van der Waals surface area contributed by atoms with Crippen molar-refractivity contribution in [2.24, 2.45) is 0 Å². The molecule has 0 atom stereocenters. The van der Waals surface area contributed by atoms with Gasteiger partial charge in [0, 0.05) is 16.5 Å². The Labute approximate surface area is 149 Å². The molecule has 0 fully saturated rings. The van der Waals surface area contributed by atoms with Crippen LogP contribution in [0.2, 0.25) is 0 Å². The lowest BCUT2D eigenvalue weighted by atomic mass is 9.73. The van der Waals surface area contributed by atoms with E-state index in [9.17, 15) is 9.59 Å². The minimum atomic E-state index is -0.484. The number of hydrogen-bond donors (Lipinski definition) is 0. The minimum absolute atomic E-state index is 0.0246. The van der Waals surface area contributed by atoms with Crippen LogP contribution in [0.3, 0.4) is 0 Å². The molecule has 0 aliphatic heterocycles. The quantitative estimate of drug-likeness (QED) is 0.515. The Hall–Kier alpha value is -2.74. The highest BCUT2D eigenvalue weighted by atomic mass is 16.1. The van der Waals surface area contributed by atoms with E-state index < -0.39 is 5.41 Å². The maximum Gasteiger partial charge on any atom is 0.185 e. The number of allylic oxidation sites excluding steroid dienone is 4. The molecule has 0 aliphatic carbocycles. The first-order chi connectivity index (χ1) is 11.9. The van der Waals surface area contributed by atoms with E-state index in [1.807, 2.05) is 62.4 Å². The topological polar surface area (TPSA) is 34.1 Å². The Morgan fingerprint density at radius 2 is 1.08 bits per heavy atom. The van der Waals surface area contributed by atoms with Crippen molar-refractivity contribution >= 4 is 11.6 Å². The van der Waals surface area contributed by atoms with Crippen molar-refractivity contribution in [1.29, 1.82) is 0 Å². The molecular formula is C23H24O2. The fourth-order valence-electron chi connectivity index (χ4n) is 3.11. The summed E-state index contributed by atoms with van der Waals surface area (Å²) in [4.78, 5) is 25.0. The van der Waals surface area contributed by atoms with Crippen molar-refractivity contribution in [2.45, 2.75) is 33.1 Å². The predicted molar refractivity (Wildman–Crippen MR) is 103 cm³/mol. The van der Waals surface area contributed by atoms with Crippen LogP contribution >= 0.6 is 0 Å². The molecule has 0 spiro atoms. The molecule has 0 saturated heterocycles. The van der Waals surface area contributed by atoms with Gasteiger partial charge in [-0.3, -0.25) is 9.59 Å². The molecular weight excluding hydrogens is 308 g/mol. The summed E-state index contributed by atoms with van der Waals surface area (Å²) in [6.07, 6.45) is 6.64. The third-order valence-electron chi connectivity index (χ3n) is 4.37. The second kappa shape index (κ2) is 7.89. The van der Waals surface area contributed by atoms with Gasteiger partial charge < -0.3 is 0 Å². The van der Waals surface area contributed by atoms with Gasteiger partial charge in [-0.05, 0) is 37.1 Å². The van der Waals surface area contributed by atoms with Crippen LogP contribution in [-0.4, -0.2) is 11.6 Å². The van der Waals surface area contributed by atoms with Crippen LogP contribution in [0.1, 0.15) is 59.5 Å². The van der Waals surface area contributed by atoms with Crippen LogP contribution < -0.4 is 0 Å². The molecule has 2 heteroatoms. The van der Waals surface area contributed by atoms with Crippen molar-refractivity contribution in [3.63, 3.8) is 0 Å². The van der Waals surface area contributed by atoms with Gasteiger partial charge in [-0.2, -0.15) is 0 Å². The van der Waals surface area contributed by atoms with E-state index in [1.165, 1.54) is 0 Å². The lowest BCUT2D eigenvalue weighted by Crippen LogP contribution is -2.24. The predicted octanol–water partition coefficient (Wildman–Crippen LogP) is 5.53. The van der Waals surface area contributed by atoms with Gasteiger partial charge in [-0.15, -0.1) is 0 Å². The highest BCUT2D eigenvalue weighted by Crippen LogP contribution is 2.36. The summed E-state index contributed by atoms with van der Waals surface area (Å²) >= 11 is 0. The first-order valence-corrected chi connectivity index (χ1v) is 8.46. The summed E-state index contributed by atoms with van der Waals surface area (Å²) in [5.74, 6) is -0.0492. The van der Waals surface area contributed by atoms with E-state index >= 15 is 0 Å². The molecule has 0 saturated carbocycles. The standard InChI is InChI=1S/C23H24O2/c1-5-11-21(24)17-13-7-9-15-19(17)23(3,4)20-16-10-8-14-18(20)22(25)12-6-2/h5-16H,1-4H3. The van der Waals surface area contributed by atoms with E-state index in [1.54, 1.807) is 24.3 Å². The van der Waals surface area contributed by atoms with Gasteiger partial charge in [0.2, 0.25) is 0 Å². The highest BCUT2D eigenvalue weighted by molar-refractivity contribution is 6.07. The molecule has 0 N–H and O–H groups in total. The number of carbonyl (C=O) groups is 2. The van der Waals surface area contributed by atoms with Crippen LogP contribution in [0, 0.1) is 0 Å². The third kappa shape index (κ3) is 3.85. The molecule has 2 nitrogen and oxygen atoms in total. The number of rotatable bonds is 6. The van der Waals surface area contributed by atoms with Gasteiger partial charge in [0.25, 0.3) is 0 Å². The number of benzene rings is 2. The third-order valence-corrected chi connectivity index (χ3v) is 4.37. The second-order valence-corrected chi connectivity index (χ2v) is 6.44. The zero-order chi connectivity index (χ0) is 18.4. The van der Waals surface area contributed by atoms with Crippen LogP contribution in [0.4, 0.5) is 0 Å². The van der Waals surface area contributed by atoms with Crippen LogP contribution in [-0.2, 0) is 5.41 Å². The first-order valence-electron chi connectivity index (χ1n) is 8.46. The maximum atomic E-state index is 12.5. The van der Waals surface area contributed by atoms with Gasteiger partial charge in [0.1, 0.15) is 0 Å². The summed E-state index contributed by atoms with van der Waals surface area (Å²) in [6.45, 7) is 7.76. The monoisotopic (exact) mass is 332 g/mol. The Morgan fingerprint density at radius 1 is 0.720 bits per heavy atom. The van der Waals surface area contributed by atoms with Gasteiger partial charge in [0.05, 0.1) is 0 Å². The van der Waals surface area contributed by atoms with E-state index in [2.05, 4.69) is 13.8 Å². The highest BCUT2D eigenvalue weighted by Gasteiger charge is 2.30. The largest absolute Gasteiger partial charge is 0.289 e. The van der Waals surface area contributed by atoms with Crippen molar-refractivity contribution in [1.82, 2.24) is 0 Å². The summed E-state index contributed by atoms with van der Waals surface area (Å²) < 4.78 is 0. The number of hydrogen-bond acceptors (Lipinski definition) is 2. The molecule has 0 unspecified atom stereocenters. The smallest absolute Gasteiger partial charge is 0.185 e. The summed E-state index contributed by atoms with van der Waals surface area (Å²) in [6, 6.07) is 15.2. The number of carbonyl (C=O) groups excluding carboxylic acids is 2. The molecule has 0 aromatic heterocycles. The van der Waals surface area contributed by atoms with E-state index in [0.29, 0.717) is 11.1 Å². The second-order valence-electron chi connectivity index (χ2n) is 6.44. The molecule has 0 aliphatic rings. The zero-order valence-corrected chi connectivity index (χ0v) is 15.2. The molecule has 25 heavy (non-hydrogen) atoms. The van der Waals surface area contributed by atoms with Gasteiger partial charge in [-0.1, -0.05) is 74.5 Å². The average Bonchev–Trinajstić information content (AvgIpc) is 2.62. The Bertz CT molecular complexity index is 769. The van der Waals surface area contributed by atoms with Crippen LogP contribution in [0.5, 0.6) is 0 Å². The zero-order valence-electron chi connectivity index (χ0n) is 15.2. The first kappa shape index (κ1) is 18.6. The minimum Gasteiger partial charge on any atom is -0.289 e.